The van der Waals surface area contributed by atoms with Crippen molar-refractivity contribution in [2.75, 3.05) is 0 Å². The van der Waals surface area contributed by atoms with Gasteiger partial charge in [-0.15, -0.1) is 11.6 Å². The van der Waals surface area contributed by atoms with E-state index in [9.17, 15) is 0 Å². The Hall–Kier alpha value is -0.500. The van der Waals surface area contributed by atoms with Gasteiger partial charge < -0.3 is 0 Å². The summed E-state index contributed by atoms with van der Waals surface area (Å²) in [5.74, 6) is 0. The number of aryl methyl sites for hydroxylation is 3. The van der Waals surface area contributed by atoms with E-state index in [0.29, 0.717) is 5.38 Å². The number of hydrogen-bond donors (Lipinski definition) is 0. The molecule has 1 heterocycles. The van der Waals surface area contributed by atoms with Gasteiger partial charge in [0.2, 0.25) is 0 Å². The standard InChI is InChI=1S/C13H23ClN2/c1-4-7-11(14)8-6-9-13-10-12(5-2)15-16(13)3/h10-11H,4-9H2,1-3H3. The van der Waals surface area contributed by atoms with Crippen LogP contribution in [0, 0.1) is 0 Å². The fourth-order valence-electron chi connectivity index (χ4n) is 1.94. The quantitative estimate of drug-likeness (QED) is 0.667. The molecule has 1 aromatic rings. The van der Waals surface area contributed by atoms with Crippen molar-refractivity contribution in [3.8, 4) is 0 Å². The zero-order chi connectivity index (χ0) is 12.0. The van der Waals surface area contributed by atoms with E-state index in [2.05, 4.69) is 25.0 Å². The van der Waals surface area contributed by atoms with E-state index in [1.165, 1.54) is 17.8 Å². The monoisotopic (exact) mass is 242 g/mol. The molecule has 16 heavy (non-hydrogen) atoms. The zero-order valence-electron chi connectivity index (χ0n) is 10.7. The molecule has 2 nitrogen and oxygen atoms in total. The fourth-order valence-corrected chi connectivity index (χ4v) is 2.31. The van der Waals surface area contributed by atoms with Crippen LogP contribution in [0.4, 0.5) is 0 Å². The highest BCUT2D eigenvalue weighted by Crippen LogP contribution is 2.15. The van der Waals surface area contributed by atoms with Crippen LogP contribution < -0.4 is 0 Å². The number of halogens is 1. The van der Waals surface area contributed by atoms with Crippen molar-refractivity contribution in [1.82, 2.24) is 9.78 Å². The molecule has 0 radical (unpaired) electrons. The second-order valence-corrected chi connectivity index (χ2v) is 5.00. The van der Waals surface area contributed by atoms with Crippen molar-refractivity contribution < 1.29 is 0 Å². The number of nitrogens with zero attached hydrogens (tertiary/aromatic N) is 2. The highest BCUT2D eigenvalue weighted by atomic mass is 35.5. The molecule has 0 spiro atoms. The van der Waals surface area contributed by atoms with Gasteiger partial charge in [0, 0.05) is 18.1 Å². The number of alkyl halides is 1. The Balaban J connectivity index is 2.33. The van der Waals surface area contributed by atoms with Gasteiger partial charge in [-0.3, -0.25) is 4.68 Å². The van der Waals surface area contributed by atoms with Gasteiger partial charge in [-0.25, -0.2) is 0 Å². The van der Waals surface area contributed by atoms with Crippen LogP contribution in [0.25, 0.3) is 0 Å². The average molecular weight is 243 g/mol. The van der Waals surface area contributed by atoms with Crippen molar-refractivity contribution in [2.45, 2.75) is 57.7 Å². The highest BCUT2D eigenvalue weighted by Gasteiger charge is 2.06. The van der Waals surface area contributed by atoms with Gasteiger partial charge >= 0.3 is 0 Å². The van der Waals surface area contributed by atoms with Crippen LogP contribution >= 0.6 is 11.6 Å². The third-order valence-electron chi connectivity index (χ3n) is 2.94. The number of rotatable bonds is 7. The summed E-state index contributed by atoms with van der Waals surface area (Å²) in [6.45, 7) is 4.33. The maximum absolute atomic E-state index is 6.20. The molecule has 0 aliphatic carbocycles. The Labute approximate surface area is 104 Å². The van der Waals surface area contributed by atoms with Crippen LogP contribution in [0.2, 0.25) is 0 Å². The molecule has 0 saturated heterocycles. The van der Waals surface area contributed by atoms with Crippen LogP contribution in [-0.4, -0.2) is 15.2 Å². The summed E-state index contributed by atoms with van der Waals surface area (Å²) >= 11 is 6.20. The second kappa shape index (κ2) is 6.95. The lowest BCUT2D eigenvalue weighted by Crippen LogP contribution is -2.02. The minimum absolute atomic E-state index is 0.351. The summed E-state index contributed by atoms with van der Waals surface area (Å²) in [5, 5.41) is 4.80. The van der Waals surface area contributed by atoms with Crippen molar-refractivity contribution in [3.05, 3.63) is 17.5 Å². The predicted octanol–water partition coefficient (Wildman–Crippen LogP) is 3.71. The van der Waals surface area contributed by atoms with Gasteiger partial charge in [0.25, 0.3) is 0 Å². The van der Waals surface area contributed by atoms with Crippen LogP contribution in [0.5, 0.6) is 0 Å². The summed E-state index contributed by atoms with van der Waals surface area (Å²) in [5.41, 5.74) is 2.52. The molecule has 0 aliphatic rings. The molecule has 0 saturated carbocycles. The molecular formula is C13H23ClN2. The van der Waals surface area contributed by atoms with Crippen LogP contribution in [-0.2, 0) is 19.9 Å². The maximum Gasteiger partial charge on any atom is 0.0624 e. The Morgan fingerprint density at radius 3 is 2.69 bits per heavy atom. The normalized spacial score (nSPS) is 13.0. The number of hydrogen-bond acceptors (Lipinski definition) is 1. The first-order chi connectivity index (χ1) is 7.67. The van der Waals surface area contributed by atoms with Gasteiger partial charge in [-0.05, 0) is 38.2 Å². The lowest BCUT2D eigenvalue weighted by atomic mass is 10.1. The lowest BCUT2D eigenvalue weighted by Gasteiger charge is -2.07. The SMILES string of the molecule is CCCC(Cl)CCCc1cc(CC)nn1C. The molecule has 0 fully saturated rings. The van der Waals surface area contributed by atoms with E-state index in [1.54, 1.807) is 0 Å². The molecule has 0 aliphatic heterocycles. The molecule has 0 amide bonds. The van der Waals surface area contributed by atoms with Gasteiger partial charge in [0.05, 0.1) is 5.69 Å². The van der Waals surface area contributed by atoms with Crippen LogP contribution in [0.1, 0.15) is 50.9 Å². The van der Waals surface area contributed by atoms with Gasteiger partial charge in [-0.1, -0.05) is 20.3 Å². The van der Waals surface area contributed by atoms with E-state index in [1.807, 2.05) is 11.7 Å². The Morgan fingerprint density at radius 2 is 2.12 bits per heavy atom. The van der Waals surface area contributed by atoms with Gasteiger partial charge in [0.15, 0.2) is 0 Å². The first-order valence-electron chi connectivity index (χ1n) is 6.33. The molecule has 0 aromatic carbocycles. The Kier molecular flexibility index (Phi) is 5.89. The minimum Gasteiger partial charge on any atom is -0.272 e. The predicted molar refractivity (Wildman–Crippen MR) is 70.1 cm³/mol. The molecule has 0 bridgehead atoms. The lowest BCUT2D eigenvalue weighted by molar-refractivity contribution is 0.614. The van der Waals surface area contributed by atoms with E-state index >= 15 is 0 Å². The largest absolute Gasteiger partial charge is 0.272 e. The second-order valence-electron chi connectivity index (χ2n) is 4.38. The van der Waals surface area contributed by atoms with Crippen LogP contribution in [0.15, 0.2) is 6.07 Å². The summed E-state index contributed by atoms with van der Waals surface area (Å²) < 4.78 is 2.00. The van der Waals surface area contributed by atoms with Crippen LogP contribution in [0.3, 0.4) is 0 Å². The van der Waals surface area contributed by atoms with E-state index in [0.717, 1.165) is 32.1 Å². The highest BCUT2D eigenvalue weighted by molar-refractivity contribution is 6.20. The average Bonchev–Trinajstić information content (AvgIpc) is 2.60. The summed E-state index contributed by atoms with van der Waals surface area (Å²) in [7, 11) is 2.03. The van der Waals surface area contributed by atoms with Crippen molar-refractivity contribution in [1.29, 1.82) is 0 Å². The fraction of sp³-hybridized carbons (Fsp3) is 0.769. The maximum atomic E-state index is 6.20. The number of aromatic nitrogens is 2. The Morgan fingerprint density at radius 1 is 1.38 bits per heavy atom. The van der Waals surface area contributed by atoms with E-state index in [-0.39, 0.29) is 0 Å². The summed E-state index contributed by atoms with van der Waals surface area (Å²) in [6.07, 6.45) is 6.70. The minimum atomic E-state index is 0.351. The topological polar surface area (TPSA) is 17.8 Å². The molecular weight excluding hydrogens is 220 g/mol. The Bertz CT molecular complexity index is 307. The molecule has 0 N–H and O–H groups in total. The molecule has 1 unspecified atom stereocenters. The first kappa shape index (κ1) is 13.6. The summed E-state index contributed by atoms with van der Waals surface area (Å²) in [6, 6.07) is 2.21. The smallest absolute Gasteiger partial charge is 0.0624 e. The third kappa shape index (κ3) is 4.17. The molecule has 3 heteroatoms. The van der Waals surface area contributed by atoms with E-state index < -0.39 is 0 Å². The van der Waals surface area contributed by atoms with E-state index in [4.69, 9.17) is 11.6 Å². The van der Waals surface area contributed by atoms with Crippen molar-refractivity contribution in [3.63, 3.8) is 0 Å². The van der Waals surface area contributed by atoms with Crippen molar-refractivity contribution >= 4 is 11.6 Å². The van der Waals surface area contributed by atoms with Crippen molar-refractivity contribution in [2.24, 2.45) is 7.05 Å². The zero-order valence-corrected chi connectivity index (χ0v) is 11.4. The third-order valence-corrected chi connectivity index (χ3v) is 3.38. The van der Waals surface area contributed by atoms with Gasteiger partial charge in [0.1, 0.15) is 0 Å². The molecule has 1 atom stereocenters. The molecule has 1 aromatic heterocycles. The van der Waals surface area contributed by atoms with Gasteiger partial charge in [-0.2, -0.15) is 5.10 Å². The summed E-state index contributed by atoms with van der Waals surface area (Å²) in [4.78, 5) is 0. The molecule has 1 rings (SSSR count). The first-order valence-corrected chi connectivity index (χ1v) is 6.76. The molecule has 92 valence electrons.